The Morgan fingerprint density at radius 3 is 2.48 bits per heavy atom. The van der Waals surface area contributed by atoms with Gasteiger partial charge < -0.3 is 0 Å². The average Bonchev–Trinajstić information content (AvgIpc) is 3.20. The number of aromatic nitrogens is 4. The molecule has 10 heteroatoms. The molecule has 0 spiro atoms. The van der Waals surface area contributed by atoms with Crippen LogP contribution in [0.25, 0.3) is 5.69 Å². The lowest BCUT2D eigenvalue weighted by molar-refractivity contribution is -0.385. The predicted molar refractivity (Wildman–Crippen MR) is 96.7 cm³/mol. The molecule has 10 nitrogen and oxygen atoms in total. The largest absolute Gasteiger partial charge is 0.272 e. The van der Waals surface area contributed by atoms with Crippen LogP contribution in [-0.4, -0.2) is 36.7 Å². The lowest BCUT2D eigenvalue weighted by atomic mass is 10.1. The maximum Gasteiger partial charge on any atom is 0.272 e. The number of nitrogens with zero attached hydrogens (tertiary/aromatic N) is 6. The van der Waals surface area contributed by atoms with E-state index in [2.05, 4.69) is 26.1 Å². The Hall–Kier alpha value is -3.95. The molecule has 0 unspecified atom stereocenters. The summed E-state index contributed by atoms with van der Waals surface area (Å²) in [6.45, 7) is 3.34. The summed E-state index contributed by atoms with van der Waals surface area (Å²) in [4.78, 5) is 22.6. The van der Waals surface area contributed by atoms with E-state index in [-0.39, 0.29) is 5.69 Å². The minimum absolute atomic E-state index is 0.0334. The fourth-order valence-electron chi connectivity index (χ4n) is 2.40. The molecule has 0 aliphatic carbocycles. The lowest BCUT2D eigenvalue weighted by Gasteiger charge is -2.05. The third-order valence-electron chi connectivity index (χ3n) is 3.88. The first-order valence-corrected chi connectivity index (χ1v) is 7.89. The summed E-state index contributed by atoms with van der Waals surface area (Å²) in [5.74, 6) is -0.447. The number of hydrogen-bond donors (Lipinski definition) is 1. The quantitative estimate of drug-likeness (QED) is 0.418. The van der Waals surface area contributed by atoms with Gasteiger partial charge in [0.25, 0.3) is 11.6 Å². The van der Waals surface area contributed by atoms with E-state index < -0.39 is 10.8 Å². The molecule has 3 rings (SSSR count). The summed E-state index contributed by atoms with van der Waals surface area (Å²) in [6.07, 6.45) is 1.49. The van der Waals surface area contributed by atoms with Crippen molar-refractivity contribution in [1.82, 2.24) is 25.6 Å². The van der Waals surface area contributed by atoms with Crippen LogP contribution in [0.15, 0.2) is 53.9 Å². The Labute approximate surface area is 153 Å². The Bertz CT molecular complexity index is 1010. The molecule has 1 aromatic heterocycles. The van der Waals surface area contributed by atoms with Crippen LogP contribution in [0.3, 0.4) is 0 Å². The molecule has 0 aliphatic heterocycles. The van der Waals surface area contributed by atoms with Crippen LogP contribution in [0.5, 0.6) is 0 Å². The average molecular weight is 365 g/mol. The van der Waals surface area contributed by atoms with Crippen LogP contribution in [0.4, 0.5) is 5.69 Å². The zero-order chi connectivity index (χ0) is 19.4. The van der Waals surface area contributed by atoms with E-state index in [1.165, 1.54) is 29.2 Å². The standard InChI is InChI=1S/C17H15N7O3/c1-11-9-14(5-8-16(11)24(26)27)17(25)20-19-12(2)13-3-6-15(7-4-13)23-10-18-21-22-23/h3-10H,1-2H3,(H,20,25)/b19-12+. The molecule has 2 aromatic carbocycles. The molecule has 136 valence electrons. The summed E-state index contributed by atoms with van der Waals surface area (Å²) in [5, 5.41) is 25.9. The number of nitro benzene ring substituents is 1. The molecule has 1 heterocycles. The van der Waals surface area contributed by atoms with Crippen molar-refractivity contribution in [1.29, 1.82) is 0 Å². The van der Waals surface area contributed by atoms with E-state index >= 15 is 0 Å². The normalized spacial score (nSPS) is 11.3. The van der Waals surface area contributed by atoms with Crippen LogP contribution in [0.2, 0.25) is 0 Å². The summed E-state index contributed by atoms with van der Waals surface area (Å²) < 4.78 is 1.52. The first-order chi connectivity index (χ1) is 13.0. The number of rotatable bonds is 5. The van der Waals surface area contributed by atoms with Crippen molar-refractivity contribution in [2.45, 2.75) is 13.8 Å². The number of hydrogen-bond acceptors (Lipinski definition) is 7. The van der Waals surface area contributed by atoms with E-state index in [4.69, 9.17) is 0 Å². The van der Waals surface area contributed by atoms with Gasteiger partial charge in [0.05, 0.1) is 16.3 Å². The monoisotopic (exact) mass is 365 g/mol. The molecule has 0 radical (unpaired) electrons. The van der Waals surface area contributed by atoms with E-state index in [1.807, 2.05) is 24.3 Å². The van der Waals surface area contributed by atoms with Gasteiger partial charge in [-0.25, -0.2) is 10.1 Å². The molecular formula is C17H15N7O3. The molecule has 3 aromatic rings. The molecule has 0 atom stereocenters. The zero-order valence-electron chi connectivity index (χ0n) is 14.5. The topological polar surface area (TPSA) is 128 Å². The highest BCUT2D eigenvalue weighted by atomic mass is 16.6. The maximum atomic E-state index is 12.2. The lowest BCUT2D eigenvalue weighted by Crippen LogP contribution is -2.19. The SMILES string of the molecule is C/C(=N\NC(=O)c1ccc([N+](=O)[O-])c(C)c1)c1ccc(-n2cnnn2)cc1. The number of hydrazone groups is 1. The Kier molecular flexibility index (Phi) is 4.97. The molecule has 1 amide bonds. The van der Waals surface area contributed by atoms with E-state index in [0.717, 1.165) is 11.3 Å². The van der Waals surface area contributed by atoms with Crippen LogP contribution >= 0.6 is 0 Å². The van der Waals surface area contributed by atoms with Crippen molar-refractivity contribution in [3.05, 3.63) is 75.6 Å². The molecule has 0 saturated heterocycles. The van der Waals surface area contributed by atoms with Gasteiger partial charge in [0, 0.05) is 17.2 Å². The molecular weight excluding hydrogens is 350 g/mol. The Balaban J connectivity index is 1.70. The van der Waals surface area contributed by atoms with E-state index in [9.17, 15) is 14.9 Å². The van der Waals surface area contributed by atoms with Crippen LogP contribution < -0.4 is 5.43 Å². The van der Waals surface area contributed by atoms with E-state index in [0.29, 0.717) is 16.8 Å². The van der Waals surface area contributed by atoms with Gasteiger partial charge in [-0.05, 0) is 54.1 Å². The Morgan fingerprint density at radius 2 is 1.89 bits per heavy atom. The molecule has 0 saturated carbocycles. The van der Waals surface area contributed by atoms with Crippen molar-refractivity contribution < 1.29 is 9.72 Å². The summed E-state index contributed by atoms with van der Waals surface area (Å²) in [6, 6.07) is 11.5. The second kappa shape index (κ2) is 7.52. The Morgan fingerprint density at radius 1 is 1.19 bits per heavy atom. The highest BCUT2D eigenvalue weighted by Gasteiger charge is 2.13. The van der Waals surface area contributed by atoms with Gasteiger partial charge in [-0.15, -0.1) is 5.10 Å². The number of carbonyl (C=O) groups excluding carboxylic acids is 1. The maximum absolute atomic E-state index is 12.2. The van der Waals surface area contributed by atoms with Gasteiger partial charge in [0.1, 0.15) is 6.33 Å². The first-order valence-electron chi connectivity index (χ1n) is 7.89. The number of amides is 1. The van der Waals surface area contributed by atoms with Crippen molar-refractivity contribution >= 4 is 17.3 Å². The number of benzene rings is 2. The highest BCUT2D eigenvalue weighted by molar-refractivity contribution is 6.01. The van der Waals surface area contributed by atoms with Crippen LogP contribution in [-0.2, 0) is 0 Å². The predicted octanol–water partition coefficient (Wildman–Crippen LogP) is 2.03. The van der Waals surface area contributed by atoms with Gasteiger partial charge in [0.2, 0.25) is 0 Å². The van der Waals surface area contributed by atoms with Gasteiger partial charge in [-0.2, -0.15) is 5.10 Å². The smallest absolute Gasteiger partial charge is 0.267 e. The van der Waals surface area contributed by atoms with Gasteiger partial charge in [-0.3, -0.25) is 14.9 Å². The molecule has 27 heavy (non-hydrogen) atoms. The van der Waals surface area contributed by atoms with Crippen molar-refractivity contribution in [2.75, 3.05) is 0 Å². The van der Waals surface area contributed by atoms with Crippen LogP contribution in [0, 0.1) is 17.0 Å². The second-order valence-corrected chi connectivity index (χ2v) is 5.70. The number of carbonyl (C=O) groups is 1. The third-order valence-corrected chi connectivity index (χ3v) is 3.88. The molecule has 0 bridgehead atoms. The summed E-state index contributed by atoms with van der Waals surface area (Å²) in [7, 11) is 0. The number of tetrazole rings is 1. The minimum atomic E-state index is -0.488. The molecule has 0 aliphatic rings. The van der Waals surface area contributed by atoms with Gasteiger partial charge >= 0.3 is 0 Å². The van der Waals surface area contributed by atoms with Crippen molar-refractivity contribution in [3.63, 3.8) is 0 Å². The highest BCUT2D eigenvalue weighted by Crippen LogP contribution is 2.18. The van der Waals surface area contributed by atoms with E-state index in [1.54, 1.807) is 13.8 Å². The fourth-order valence-corrected chi connectivity index (χ4v) is 2.40. The second-order valence-electron chi connectivity index (χ2n) is 5.70. The van der Waals surface area contributed by atoms with Gasteiger partial charge in [-0.1, -0.05) is 12.1 Å². The third kappa shape index (κ3) is 4.00. The van der Waals surface area contributed by atoms with Gasteiger partial charge in [0.15, 0.2) is 0 Å². The molecule has 1 N–H and O–H groups in total. The summed E-state index contributed by atoms with van der Waals surface area (Å²) in [5.41, 5.74) is 5.33. The minimum Gasteiger partial charge on any atom is -0.267 e. The first kappa shape index (κ1) is 17.9. The molecule has 0 fully saturated rings. The zero-order valence-corrected chi connectivity index (χ0v) is 14.5. The summed E-state index contributed by atoms with van der Waals surface area (Å²) >= 11 is 0. The number of aryl methyl sites for hydroxylation is 1. The van der Waals surface area contributed by atoms with Crippen LogP contribution in [0.1, 0.15) is 28.4 Å². The van der Waals surface area contributed by atoms with Crippen molar-refractivity contribution in [2.24, 2.45) is 5.10 Å². The fraction of sp³-hybridized carbons (Fsp3) is 0.118. The number of nitrogens with one attached hydrogen (secondary N) is 1. The number of nitro groups is 1. The van der Waals surface area contributed by atoms with Crippen molar-refractivity contribution in [3.8, 4) is 5.69 Å².